The second-order valence-electron chi connectivity index (χ2n) is 5.48. The molecule has 0 saturated heterocycles. The van der Waals surface area contributed by atoms with Gasteiger partial charge in [-0.25, -0.2) is 0 Å². The topological polar surface area (TPSA) is 108 Å². The molecule has 0 spiro atoms. The lowest BCUT2D eigenvalue weighted by Gasteiger charge is -2.15. The maximum atomic E-state index is 12.7. The number of aromatic hydroxyl groups is 2. The molecule has 0 amide bonds. The Bertz CT molecular complexity index is 1070. The molecule has 3 rings (SSSR count). The van der Waals surface area contributed by atoms with Crippen LogP contribution < -0.4 is 24.4 Å². The quantitative estimate of drug-likeness (QED) is 0.702. The molecule has 142 valence electrons. The van der Waals surface area contributed by atoms with Gasteiger partial charge in [0.05, 0.1) is 34.0 Å². The predicted molar refractivity (Wildman–Crippen MR) is 97.5 cm³/mol. The zero-order valence-electron chi connectivity index (χ0n) is 15.2. The van der Waals surface area contributed by atoms with Gasteiger partial charge in [-0.05, 0) is 12.1 Å². The molecule has 0 atom stereocenters. The van der Waals surface area contributed by atoms with Gasteiger partial charge < -0.3 is 33.6 Å². The van der Waals surface area contributed by atoms with Gasteiger partial charge in [-0.2, -0.15) is 0 Å². The van der Waals surface area contributed by atoms with Crippen molar-refractivity contribution in [1.82, 2.24) is 0 Å². The Morgan fingerprint density at radius 2 is 1.52 bits per heavy atom. The molecule has 0 aliphatic carbocycles. The molecule has 2 N–H and O–H groups in total. The lowest BCUT2D eigenvalue weighted by Crippen LogP contribution is -2.04. The van der Waals surface area contributed by atoms with E-state index in [4.69, 9.17) is 23.4 Å². The van der Waals surface area contributed by atoms with Crippen molar-refractivity contribution in [2.75, 3.05) is 28.4 Å². The molecular weight excluding hydrogens is 356 g/mol. The summed E-state index contributed by atoms with van der Waals surface area (Å²) < 4.78 is 26.6. The molecule has 2 aromatic carbocycles. The number of rotatable bonds is 5. The largest absolute Gasteiger partial charge is 0.504 e. The molecule has 0 saturated carbocycles. The third-order valence-corrected chi connectivity index (χ3v) is 4.11. The van der Waals surface area contributed by atoms with E-state index in [1.165, 1.54) is 34.5 Å². The molecule has 0 unspecified atom stereocenters. The number of hydrogen-bond donors (Lipinski definition) is 2. The Labute approximate surface area is 154 Å². The number of phenolic OH excluding ortho intramolecular Hbond substituents is 2. The number of para-hydroxylation sites is 1. The van der Waals surface area contributed by atoms with Crippen molar-refractivity contribution in [1.29, 1.82) is 0 Å². The minimum Gasteiger partial charge on any atom is -0.504 e. The lowest BCUT2D eigenvalue weighted by molar-refractivity contribution is 0.323. The van der Waals surface area contributed by atoms with Crippen LogP contribution in [0, 0.1) is 0 Å². The molecule has 8 heteroatoms. The summed E-state index contributed by atoms with van der Waals surface area (Å²) in [6.07, 6.45) is 0. The van der Waals surface area contributed by atoms with Gasteiger partial charge in [-0.1, -0.05) is 6.07 Å². The molecule has 0 radical (unpaired) electrons. The molecule has 1 aromatic heterocycles. The molecule has 0 aliphatic rings. The Morgan fingerprint density at radius 1 is 0.852 bits per heavy atom. The Hall–Kier alpha value is -3.55. The summed E-state index contributed by atoms with van der Waals surface area (Å²) in [7, 11) is 5.49. The summed E-state index contributed by atoms with van der Waals surface area (Å²) in [5, 5.41) is 20.4. The molecule has 0 aliphatic heterocycles. The maximum Gasteiger partial charge on any atom is 0.208 e. The molecule has 8 nitrogen and oxygen atoms in total. The summed E-state index contributed by atoms with van der Waals surface area (Å²) in [6.45, 7) is 0. The number of ether oxygens (including phenoxy) is 4. The Morgan fingerprint density at radius 3 is 2.11 bits per heavy atom. The smallest absolute Gasteiger partial charge is 0.208 e. The highest BCUT2D eigenvalue weighted by molar-refractivity contribution is 5.95. The van der Waals surface area contributed by atoms with E-state index in [1.807, 2.05) is 0 Å². The van der Waals surface area contributed by atoms with Crippen LogP contribution in [0.1, 0.15) is 0 Å². The van der Waals surface area contributed by atoms with Crippen LogP contribution >= 0.6 is 0 Å². The van der Waals surface area contributed by atoms with Gasteiger partial charge in [-0.3, -0.25) is 4.79 Å². The zero-order chi connectivity index (χ0) is 19.7. The van der Waals surface area contributed by atoms with Gasteiger partial charge in [0, 0.05) is 6.07 Å². The van der Waals surface area contributed by atoms with Crippen LogP contribution in [0.4, 0.5) is 0 Å². The molecular formula is C19H18O8. The fraction of sp³-hybridized carbons (Fsp3) is 0.211. The summed E-state index contributed by atoms with van der Waals surface area (Å²) in [5.41, 5.74) is -0.224. The minimum absolute atomic E-state index is 0.124. The first-order valence-corrected chi connectivity index (χ1v) is 7.83. The van der Waals surface area contributed by atoms with Crippen molar-refractivity contribution in [2.24, 2.45) is 0 Å². The van der Waals surface area contributed by atoms with E-state index in [1.54, 1.807) is 18.2 Å². The highest BCUT2D eigenvalue weighted by Gasteiger charge is 2.26. The van der Waals surface area contributed by atoms with E-state index in [0.717, 1.165) is 0 Å². The fourth-order valence-electron chi connectivity index (χ4n) is 2.91. The van der Waals surface area contributed by atoms with Gasteiger partial charge in [0.1, 0.15) is 11.1 Å². The van der Waals surface area contributed by atoms with Gasteiger partial charge in [0.15, 0.2) is 28.3 Å². The standard InChI is InChI=1S/C19H18O8/c1-23-11-7-5-6-9(16(11)24-2)12-8-10(20)13-14(21)18(25-3)15(22)19(26-4)17(13)27-12/h5-8,21-22H,1-4H3. The Kier molecular flexibility index (Phi) is 4.72. The van der Waals surface area contributed by atoms with E-state index in [9.17, 15) is 15.0 Å². The zero-order valence-corrected chi connectivity index (χ0v) is 15.2. The molecule has 0 bridgehead atoms. The number of hydrogen-bond acceptors (Lipinski definition) is 8. The van der Waals surface area contributed by atoms with Crippen LogP contribution in [0.5, 0.6) is 34.5 Å². The van der Waals surface area contributed by atoms with Crippen molar-refractivity contribution in [3.63, 3.8) is 0 Å². The van der Waals surface area contributed by atoms with Gasteiger partial charge >= 0.3 is 0 Å². The number of phenols is 2. The average Bonchev–Trinajstić information content (AvgIpc) is 2.67. The number of methoxy groups -OCH3 is 4. The van der Waals surface area contributed by atoms with Crippen molar-refractivity contribution in [3.8, 4) is 45.8 Å². The van der Waals surface area contributed by atoms with Crippen LogP contribution in [0.3, 0.4) is 0 Å². The van der Waals surface area contributed by atoms with Crippen LogP contribution in [0.2, 0.25) is 0 Å². The third-order valence-electron chi connectivity index (χ3n) is 4.11. The van der Waals surface area contributed by atoms with Crippen molar-refractivity contribution in [2.45, 2.75) is 0 Å². The normalized spacial score (nSPS) is 10.7. The number of fused-ring (bicyclic) bond motifs is 1. The monoisotopic (exact) mass is 374 g/mol. The molecule has 27 heavy (non-hydrogen) atoms. The second-order valence-corrected chi connectivity index (χ2v) is 5.48. The third kappa shape index (κ3) is 2.75. The summed E-state index contributed by atoms with van der Waals surface area (Å²) in [6, 6.07) is 6.29. The molecule has 0 fully saturated rings. The van der Waals surface area contributed by atoms with Crippen LogP contribution in [0.25, 0.3) is 22.3 Å². The van der Waals surface area contributed by atoms with Gasteiger partial charge in [-0.15, -0.1) is 0 Å². The highest BCUT2D eigenvalue weighted by Crippen LogP contribution is 2.49. The summed E-state index contributed by atoms with van der Waals surface area (Å²) >= 11 is 0. The van der Waals surface area contributed by atoms with Crippen molar-refractivity contribution in [3.05, 3.63) is 34.5 Å². The minimum atomic E-state index is -0.551. The SMILES string of the molecule is COc1cccc(-c2cc(=O)c3c(O)c(OC)c(O)c(OC)c3o2)c1OC. The van der Waals surface area contributed by atoms with E-state index >= 15 is 0 Å². The molecule has 1 heterocycles. The van der Waals surface area contributed by atoms with Gasteiger partial charge in [0.2, 0.25) is 17.2 Å². The van der Waals surface area contributed by atoms with E-state index in [0.29, 0.717) is 17.1 Å². The maximum absolute atomic E-state index is 12.7. The first-order valence-electron chi connectivity index (χ1n) is 7.83. The molecule has 3 aromatic rings. The van der Waals surface area contributed by atoms with Crippen molar-refractivity contribution >= 4 is 11.0 Å². The predicted octanol–water partition coefficient (Wildman–Crippen LogP) is 2.91. The summed E-state index contributed by atoms with van der Waals surface area (Å²) in [5.74, 6) is -0.482. The fourth-order valence-corrected chi connectivity index (χ4v) is 2.91. The Balaban J connectivity index is 2.42. The average molecular weight is 374 g/mol. The lowest BCUT2D eigenvalue weighted by atomic mass is 10.1. The van der Waals surface area contributed by atoms with Crippen LogP contribution in [-0.4, -0.2) is 38.7 Å². The first kappa shape index (κ1) is 18.2. The van der Waals surface area contributed by atoms with E-state index < -0.39 is 16.9 Å². The van der Waals surface area contributed by atoms with E-state index in [-0.39, 0.29) is 28.2 Å². The second kappa shape index (κ2) is 6.99. The highest BCUT2D eigenvalue weighted by atomic mass is 16.5. The van der Waals surface area contributed by atoms with Crippen LogP contribution in [-0.2, 0) is 0 Å². The number of benzene rings is 2. The first-order chi connectivity index (χ1) is 13.0. The van der Waals surface area contributed by atoms with E-state index in [2.05, 4.69) is 0 Å². The van der Waals surface area contributed by atoms with Crippen molar-refractivity contribution < 1.29 is 33.6 Å². The summed E-state index contributed by atoms with van der Waals surface area (Å²) in [4.78, 5) is 12.7. The van der Waals surface area contributed by atoms with Crippen LogP contribution in [0.15, 0.2) is 33.5 Å². The van der Waals surface area contributed by atoms with Gasteiger partial charge in [0.25, 0.3) is 0 Å².